The third-order valence-electron chi connectivity index (χ3n) is 2.00. The number of aliphatic carboxylic acids is 1. The Bertz CT molecular complexity index is 310. The minimum atomic E-state index is -0.820. The Morgan fingerprint density at radius 2 is 2.07 bits per heavy atom. The first kappa shape index (κ1) is 11.0. The number of hydrogen-bond acceptors (Lipinski definition) is 2. The van der Waals surface area contributed by atoms with Crippen molar-refractivity contribution in [2.24, 2.45) is 0 Å². The van der Waals surface area contributed by atoms with Gasteiger partial charge in [-0.3, -0.25) is 4.79 Å². The molecule has 0 bridgehead atoms. The van der Waals surface area contributed by atoms with Crippen LogP contribution in [-0.4, -0.2) is 18.1 Å². The SMILES string of the molecule is CN[C@@H](CC(=O)O)c1ccc(Cl)cc1. The summed E-state index contributed by atoms with van der Waals surface area (Å²) in [7, 11) is 1.74. The highest BCUT2D eigenvalue weighted by Gasteiger charge is 2.12. The van der Waals surface area contributed by atoms with E-state index in [1.54, 1.807) is 19.2 Å². The Morgan fingerprint density at radius 3 is 2.50 bits per heavy atom. The highest BCUT2D eigenvalue weighted by atomic mass is 35.5. The Balaban J connectivity index is 2.78. The Hall–Kier alpha value is -1.06. The summed E-state index contributed by atoms with van der Waals surface area (Å²) in [4.78, 5) is 10.5. The third-order valence-corrected chi connectivity index (χ3v) is 2.25. The van der Waals surface area contributed by atoms with Crippen molar-refractivity contribution in [3.8, 4) is 0 Å². The van der Waals surface area contributed by atoms with E-state index < -0.39 is 5.97 Å². The van der Waals surface area contributed by atoms with Crippen molar-refractivity contribution in [3.63, 3.8) is 0 Å². The molecule has 0 aliphatic rings. The van der Waals surface area contributed by atoms with Gasteiger partial charge < -0.3 is 10.4 Å². The fraction of sp³-hybridized carbons (Fsp3) is 0.300. The predicted molar refractivity (Wildman–Crippen MR) is 55.5 cm³/mol. The van der Waals surface area contributed by atoms with E-state index in [1.807, 2.05) is 12.1 Å². The Morgan fingerprint density at radius 1 is 1.50 bits per heavy atom. The maximum Gasteiger partial charge on any atom is 0.305 e. The molecule has 0 aromatic heterocycles. The first-order chi connectivity index (χ1) is 6.63. The molecule has 0 saturated carbocycles. The van der Waals surface area contributed by atoms with E-state index >= 15 is 0 Å². The molecule has 0 aliphatic heterocycles. The van der Waals surface area contributed by atoms with E-state index in [4.69, 9.17) is 16.7 Å². The summed E-state index contributed by atoms with van der Waals surface area (Å²) in [6.45, 7) is 0. The van der Waals surface area contributed by atoms with Crippen LogP contribution in [0.25, 0.3) is 0 Å². The van der Waals surface area contributed by atoms with Gasteiger partial charge in [0.2, 0.25) is 0 Å². The fourth-order valence-electron chi connectivity index (χ4n) is 1.26. The van der Waals surface area contributed by atoms with Crippen LogP contribution >= 0.6 is 11.6 Å². The molecule has 0 amide bonds. The Kier molecular flexibility index (Phi) is 3.92. The lowest BCUT2D eigenvalue weighted by Crippen LogP contribution is -2.19. The van der Waals surface area contributed by atoms with Gasteiger partial charge in [0.15, 0.2) is 0 Å². The van der Waals surface area contributed by atoms with Crippen LogP contribution in [0.5, 0.6) is 0 Å². The van der Waals surface area contributed by atoms with E-state index in [-0.39, 0.29) is 12.5 Å². The monoisotopic (exact) mass is 213 g/mol. The molecule has 0 aliphatic carbocycles. The van der Waals surface area contributed by atoms with E-state index in [1.165, 1.54) is 0 Å². The summed E-state index contributed by atoms with van der Waals surface area (Å²) in [6, 6.07) is 7.00. The largest absolute Gasteiger partial charge is 0.481 e. The Labute approximate surface area is 87.7 Å². The molecule has 14 heavy (non-hydrogen) atoms. The normalized spacial score (nSPS) is 12.4. The molecule has 1 aromatic carbocycles. The number of carbonyl (C=O) groups is 1. The smallest absolute Gasteiger partial charge is 0.305 e. The molecule has 0 radical (unpaired) electrons. The molecular formula is C10H12ClNO2. The summed E-state index contributed by atoms with van der Waals surface area (Å²) >= 11 is 5.73. The number of benzene rings is 1. The van der Waals surface area contributed by atoms with E-state index in [2.05, 4.69) is 5.32 Å². The van der Waals surface area contributed by atoms with Gasteiger partial charge in [-0.15, -0.1) is 0 Å². The van der Waals surface area contributed by atoms with Crippen LogP contribution < -0.4 is 5.32 Å². The van der Waals surface area contributed by atoms with Gasteiger partial charge in [-0.25, -0.2) is 0 Å². The van der Waals surface area contributed by atoms with Crippen molar-refractivity contribution in [1.29, 1.82) is 0 Å². The molecule has 1 atom stereocenters. The summed E-state index contributed by atoms with van der Waals surface area (Å²) in [5, 5.41) is 12.3. The van der Waals surface area contributed by atoms with Crippen LogP contribution in [-0.2, 0) is 4.79 Å². The predicted octanol–water partition coefficient (Wildman–Crippen LogP) is 2.08. The van der Waals surface area contributed by atoms with E-state index in [0.29, 0.717) is 5.02 Å². The van der Waals surface area contributed by atoms with Crippen molar-refractivity contribution >= 4 is 17.6 Å². The molecule has 3 nitrogen and oxygen atoms in total. The van der Waals surface area contributed by atoms with Gasteiger partial charge in [0.05, 0.1) is 6.42 Å². The second kappa shape index (κ2) is 4.98. The third kappa shape index (κ3) is 3.01. The van der Waals surface area contributed by atoms with Crippen molar-refractivity contribution in [2.75, 3.05) is 7.05 Å². The van der Waals surface area contributed by atoms with Gasteiger partial charge in [-0.05, 0) is 24.7 Å². The maximum atomic E-state index is 10.5. The molecule has 2 N–H and O–H groups in total. The van der Waals surface area contributed by atoms with Crippen LogP contribution in [0.4, 0.5) is 0 Å². The average Bonchev–Trinajstić information content (AvgIpc) is 2.15. The van der Waals surface area contributed by atoms with Crippen LogP contribution in [0.1, 0.15) is 18.0 Å². The van der Waals surface area contributed by atoms with Crippen molar-refractivity contribution < 1.29 is 9.90 Å². The first-order valence-corrected chi connectivity index (χ1v) is 4.66. The average molecular weight is 214 g/mol. The highest BCUT2D eigenvalue weighted by molar-refractivity contribution is 6.30. The molecule has 4 heteroatoms. The van der Waals surface area contributed by atoms with E-state index in [9.17, 15) is 4.79 Å². The lowest BCUT2D eigenvalue weighted by Gasteiger charge is -2.13. The number of carboxylic acid groups (broad SMARTS) is 1. The van der Waals surface area contributed by atoms with Gasteiger partial charge in [-0.1, -0.05) is 23.7 Å². The molecule has 0 unspecified atom stereocenters. The van der Waals surface area contributed by atoms with Gasteiger partial charge in [0.1, 0.15) is 0 Å². The first-order valence-electron chi connectivity index (χ1n) is 4.28. The number of halogens is 1. The van der Waals surface area contributed by atoms with Crippen LogP contribution in [0.15, 0.2) is 24.3 Å². The lowest BCUT2D eigenvalue weighted by molar-refractivity contribution is -0.137. The van der Waals surface area contributed by atoms with Crippen LogP contribution in [0.2, 0.25) is 5.02 Å². The van der Waals surface area contributed by atoms with E-state index in [0.717, 1.165) is 5.56 Å². The zero-order chi connectivity index (χ0) is 10.6. The maximum absolute atomic E-state index is 10.5. The minimum Gasteiger partial charge on any atom is -0.481 e. The van der Waals surface area contributed by atoms with Gasteiger partial charge in [0, 0.05) is 11.1 Å². The van der Waals surface area contributed by atoms with Gasteiger partial charge >= 0.3 is 5.97 Å². The van der Waals surface area contributed by atoms with Crippen molar-refractivity contribution in [3.05, 3.63) is 34.9 Å². The number of nitrogens with one attached hydrogen (secondary N) is 1. The number of rotatable bonds is 4. The second-order valence-corrected chi connectivity index (χ2v) is 3.43. The molecule has 1 aromatic rings. The topological polar surface area (TPSA) is 49.3 Å². The summed E-state index contributed by atoms with van der Waals surface area (Å²) in [5.41, 5.74) is 0.930. The zero-order valence-electron chi connectivity index (χ0n) is 7.83. The molecule has 76 valence electrons. The van der Waals surface area contributed by atoms with Crippen molar-refractivity contribution in [2.45, 2.75) is 12.5 Å². The number of hydrogen-bond donors (Lipinski definition) is 2. The zero-order valence-corrected chi connectivity index (χ0v) is 8.58. The molecule has 0 saturated heterocycles. The number of carboxylic acids is 1. The summed E-state index contributed by atoms with van der Waals surface area (Å²) in [5.74, 6) is -0.820. The summed E-state index contributed by atoms with van der Waals surface area (Å²) in [6.07, 6.45) is 0.0676. The molecule has 0 fully saturated rings. The summed E-state index contributed by atoms with van der Waals surface area (Å²) < 4.78 is 0. The molecule has 0 heterocycles. The quantitative estimate of drug-likeness (QED) is 0.805. The molecule has 0 spiro atoms. The highest BCUT2D eigenvalue weighted by Crippen LogP contribution is 2.18. The minimum absolute atomic E-state index is 0.0676. The van der Waals surface area contributed by atoms with Crippen LogP contribution in [0.3, 0.4) is 0 Å². The lowest BCUT2D eigenvalue weighted by atomic mass is 10.0. The molecular weight excluding hydrogens is 202 g/mol. The standard InChI is InChI=1S/C10H12ClNO2/c1-12-9(6-10(13)14)7-2-4-8(11)5-3-7/h2-5,9,12H,6H2,1H3,(H,13,14)/t9-/m0/s1. The van der Waals surface area contributed by atoms with Gasteiger partial charge in [-0.2, -0.15) is 0 Å². The molecule has 1 rings (SSSR count). The second-order valence-electron chi connectivity index (χ2n) is 2.99. The van der Waals surface area contributed by atoms with Gasteiger partial charge in [0.25, 0.3) is 0 Å². The van der Waals surface area contributed by atoms with Crippen molar-refractivity contribution in [1.82, 2.24) is 5.32 Å². The fourth-order valence-corrected chi connectivity index (χ4v) is 1.38. The van der Waals surface area contributed by atoms with Crippen LogP contribution in [0, 0.1) is 0 Å².